The molecule has 0 bridgehead atoms. The van der Waals surface area contributed by atoms with Gasteiger partial charge in [0.2, 0.25) is 0 Å². The molecule has 2 aliphatic rings. The average molecular weight is 238 g/mol. The molecular weight excluding hydrogens is 208 g/mol. The van der Waals surface area contributed by atoms with Crippen LogP contribution in [-0.2, 0) is 0 Å². The van der Waals surface area contributed by atoms with Crippen molar-refractivity contribution in [2.45, 2.75) is 58.9 Å². The van der Waals surface area contributed by atoms with E-state index < -0.39 is 0 Å². The Labute approximate surface area is 107 Å². The lowest BCUT2D eigenvalue weighted by atomic mass is 9.91. The predicted octanol–water partition coefficient (Wildman–Crippen LogP) is 2.89. The number of nitrogens with one attached hydrogen (secondary N) is 1. The van der Waals surface area contributed by atoms with Crippen molar-refractivity contribution in [2.24, 2.45) is 11.3 Å². The summed E-state index contributed by atoms with van der Waals surface area (Å²) in [5, 5.41) is 3.82. The van der Waals surface area contributed by atoms with E-state index in [0.717, 1.165) is 5.92 Å². The van der Waals surface area contributed by atoms with Crippen molar-refractivity contribution in [3.05, 3.63) is 0 Å². The number of piperidine rings is 1. The van der Waals surface area contributed by atoms with Gasteiger partial charge >= 0.3 is 0 Å². The fourth-order valence-corrected chi connectivity index (χ4v) is 3.16. The number of likely N-dealkylation sites (tertiary alicyclic amines) is 1. The van der Waals surface area contributed by atoms with Gasteiger partial charge in [0.15, 0.2) is 0 Å². The van der Waals surface area contributed by atoms with Gasteiger partial charge in [0.25, 0.3) is 0 Å². The van der Waals surface area contributed by atoms with Gasteiger partial charge in [-0.1, -0.05) is 13.8 Å². The van der Waals surface area contributed by atoms with E-state index in [0.29, 0.717) is 11.5 Å². The van der Waals surface area contributed by atoms with E-state index in [1.165, 1.54) is 58.3 Å². The Kier molecular flexibility index (Phi) is 4.48. The van der Waals surface area contributed by atoms with Crippen molar-refractivity contribution in [1.29, 1.82) is 0 Å². The first kappa shape index (κ1) is 13.4. The molecule has 17 heavy (non-hydrogen) atoms. The fraction of sp³-hybridized carbons (Fsp3) is 1.00. The molecule has 1 N–H and O–H groups in total. The molecule has 0 aromatic heterocycles. The summed E-state index contributed by atoms with van der Waals surface area (Å²) in [6, 6.07) is 0.702. The van der Waals surface area contributed by atoms with Crippen molar-refractivity contribution < 1.29 is 0 Å². The van der Waals surface area contributed by atoms with Crippen LogP contribution in [0, 0.1) is 11.3 Å². The first-order valence-corrected chi connectivity index (χ1v) is 7.65. The number of hydrogen-bond acceptors (Lipinski definition) is 2. The SMILES string of the molecule is CCN1CCCC(C(C)NCC2(CC)CC2)C1. The molecule has 1 aliphatic heterocycles. The molecule has 2 rings (SSSR count). The molecule has 0 aromatic rings. The van der Waals surface area contributed by atoms with Gasteiger partial charge in [0.05, 0.1) is 0 Å². The summed E-state index contributed by atoms with van der Waals surface area (Å²) in [5.74, 6) is 0.872. The van der Waals surface area contributed by atoms with Crippen LogP contribution in [0.3, 0.4) is 0 Å². The Morgan fingerprint density at radius 3 is 2.71 bits per heavy atom. The molecule has 1 saturated carbocycles. The monoisotopic (exact) mass is 238 g/mol. The Hall–Kier alpha value is -0.0800. The van der Waals surface area contributed by atoms with Gasteiger partial charge in [0.1, 0.15) is 0 Å². The van der Waals surface area contributed by atoms with Crippen LogP contribution in [0.5, 0.6) is 0 Å². The average Bonchev–Trinajstić information content (AvgIpc) is 3.17. The highest BCUT2D eigenvalue weighted by Gasteiger charge is 2.40. The maximum Gasteiger partial charge on any atom is 0.00794 e. The Balaban J connectivity index is 1.73. The summed E-state index contributed by atoms with van der Waals surface area (Å²) in [6.45, 7) is 12.1. The van der Waals surface area contributed by atoms with Crippen LogP contribution in [-0.4, -0.2) is 37.1 Å². The summed E-state index contributed by atoms with van der Waals surface area (Å²) < 4.78 is 0. The molecule has 100 valence electrons. The maximum atomic E-state index is 3.82. The normalized spacial score (nSPS) is 30.2. The molecule has 2 unspecified atom stereocenters. The Morgan fingerprint density at radius 2 is 2.12 bits per heavy atom. The molecule has 1 aliphatic carbocycles. The Bertz CT molecular complexity index is 235. The molecule has 2 atom stereocenters. The quantitative estimate of drug-likeness (QED) is 0.765. The van der Waals surface area contributed by atoms with E-state index in [4.69, 9.17) is 0 Å². The lowest BCUT2D eigenvalue weighted by Crippen LogP contribution is -2.45. The smallest absolute Gasteiger partial charge is 0.00794 e. The second kappa shape index (κ2) is 5.71. The molecular formula is C15H30N2. The molecule has 2 fully saturated rings. The van der Waals surface area contributed by atoms with Gasteiger partial charge in [-0.05, 0) is 63.5 Å². The van der Waals surface area contributed by atoms with E-state index in [-0.39, 0.29) is 0 Å². The third kappa shape index (κ3) is 3.45. The molecule has 0 radical (unpaired) electrons. The van der Waals surface area contributed by atoms with E-state index in [1.807, 2.05) is 0 Å². The van der Waals surface area contributed by atoms with Gasteiger partial charge in [-0.15, -0.1) is 0 Å². The molecule has 1 heterocycles. The number of hydrogen-bond donors (Lipinski definition) is 1. The Morgan fingerprint density at radius 1 is 1.35 bits per heavy atom. The van der Waals surface area contributed by atoms with Crippen molar-refractivity contribution in [3.8, 4) is 0 Å². The summed E-state index contributed by atoms with van der Waals surface area (Å²) in [6.07, 6.45) is 7.08. The van der Waals surface area contributed by atoms with E-state index in [2.05, 4.69) is 31.0 Å². The molecule has 0 aromatic carbocycles. The largest absolute Gasteiger partial charge is 0.313 e. The van der Waals surface area contributed by atoms with E-state index in [1.54, 1.807) is 0 Å². The van der Waals surface area contributed by atoms with Crippen LogP contribution in [0.2, 0.25) is 0 Å². The molecule has 2 nitrogen and oxygen atoms in total. The van der Waals surface area contributed by atoms with E-state index in [9.17, 15) is 0 Å². The van der Waals surface area contributed by atoms with Crippen LogP contribution in [0.1, 0.15) is 52.9 Å². The van der Waals surface area contributed by atoms with Crippen LogP contribution in [0.15, 0.2) is 0 Å². The molecule has 0 spiro atoms. The minimum atomic E-state index is 0.688. The second-order valence-corrected chi connectivity index (χ2v) is 6.32. The lowest BCUT2D eigenvalue weighted by Gasteiger charge is -2.36. The van der Waals surface area contributed by atoms with Crippen molar-refractivity contribution in [1.82, 2.24) is 10.2 Å². The number of nitrogens with zero attached hydrogens (tertiary/aromatic N) is 1. The standard InChI is InChI=1S/C15H30N2/c1-4-15(8-9-15)12-16-13(3)14-7-6-10-17(5-2)11-14/h13-14,16H,4-12H2,1-3H3. The highest BCUT2D eigenvalue weighted by molar-refractivity contribution is 4.94. The zero-order valence-electron chi connectivity index (χ0n) is 12.0. The third-order valence-corrected chi connectivity index (χ3v) is 5.20. The first-order chi connectivity index (χ1) is 8.19. The van der Waals surface area contributed by atoms with Gasteiger partial charge in [0, 0.05) is 19.1 Å². The van der Waals surface area contributed by atoms with Gasteiger partial charge in [-0.25, -0.2) is 0 Å². The zero-order valence-corrected chi connectivity index (χ0v) is 12.0. The van der Waals surface area contributed by atoms with Crippen molar-refractivity contribution in [2.75, 3.05) is 26.2 Å². The van der Waals surface area contributed by atoms with Gasteiger partial charge in [-0.2, -0.15) is 0 Å². The fourth-order valence-electron chi connectivity index (χ4n) is 3.16. The maximum absolute atomic E-state index is 3.82. The summed E-state index contributed by atoms with van der Waals surface area (Å²) in [4.78, 5) is 2.61. The van der Waals surface area contributed by atoms with Crippen LogP contribution in [0.25, 0.3) is 0 Å². The molecule has 1 saturated heterocycles. The minimum Gasteiger partial charge on any atom is -0.313 e. The summed E-state index contributed by atoms with van der Waals surface area (Å²) in [5.41, 5.74) is 0.688. The van der Waals surface area contributed by atoms with Gasteiger partial charge < -0.3 is 10.2 Å². The summed E-state index contributed by atoms with van der Waals surface area (Å²) >= 11 is 0. The number of rotatable bonds is 6. The van der Waals surface area contributed by atoms with Crippen LogP contribution >= 0.6 is 0 Å². The first-order valence-electron chi connectivity index (χ1n) is 7.65. The topological polar surface area (TPSA) is 15.3 Å². The third-order valence-electron chi connectivity index (χ3n) is 5.20. The second-order valence-electron chi connectivity index (χ2n) is 6.32. The summed E-state index contributed by atoms with van der Waals surface area (Å²) in [7, 11) is 0. The lowest BCUT2D eigenvalue weighted by molar-refractivity contribution is 0.154. The predicted molar refractivity (Wildman–Crippen MR) is 74.3 cm³/mol. The van der Waals surface area contributed by atoms with Crippen molar-refractivity contribution >= 4 is 0 Å². The molecule has 2 heteroatoms. The van der Waals surface area contributed by atoms with Crippen molar-refractivity contribution in [3.63, 3.8) is 0 Å². The molecule has 0 amide bonds. The zero-order chi connectivity index (χ0) is 12.3. The van der Waals surface area contributed by atoms with Crippen LogP contribution < -0.4 is 5.32 Å². The minimum absolute atomic E-state index is 0.688. The van der Waals surface area contributed by atoms with E-state index >= 15 is 0 Å². The highest BCUT2D eigenvalue weighted by Crippen LogP contribution is 2.48. The van der Waals surface area contributed by atoms with Gasteiger partial charge in [-0.3, -0.25) is 0 Å². The highest BCUT2D eigenvalue weighted by atomic mass is 15.1. The van der Waals surface area contributed by atoms with Crippen LogP contribution in [0.4, 0.5) is 0 Å².